The molecule has 1 aliphatic rings. The van der Waals surface area contributed by atoms with Gasteiger partial charge < -0.3 is 9.42 Å². The van der Waals surface area contributed by atoms with Gasteiger partial charge in [0, 0.05) is 25.2 Å². The molecule has 1 aromatic heterocycles. The van der Waals surface area contributed by atoms with Crippen molar-refractivity contribution in [3.8, 4) is 11.3 Å². The molecule has 1 atom stereocenters. The average molecular weight is 377 g/mol. The van der Waals surface area contributed by atoms with Crippen LogP contribution in [0.5, 0.6) is 0 Å². The zero-order chi connectivity index (χ0) is 18.7. The SMILES string of the molecule is Cc1onc(-c2ccccc2)c1C(=O)N1CCC[C@@H](CNS(C)(=O)=O)C1. The zero-order valence-corrected chi connectivity index (χ0v) is 15.8. The maximum atomic E-state index is 13.1. The molecule has 0 aliphatic carbocycles. The summed E-state index contributed by atoms with van der Waals surface area (Å²) in [6.07, 6.45) is 2.87. The molecule has 1 N–H and O–H groups in total. The van der Waals surface area contributed by atoms with Crippen molar-refractivity contribution >= 4 is 15.9 Å². The van der Waals surface area contributed by atoms with Crippen LogP contribution in [0.3, 0.4) is 0 Å². The van der Waals surface area contributed by atoms with Crippen LogP contribution in [-0.2, 0) is 10.0 Å². The van der Waals surface area contributed by atoms with Gasteiger partial charge in [0.25, 0.3) is 5.91 Å². The summed E-state index contributed by atoms with van der Waals surface area (Å²) < 4.78 is 30.4. The largest absolute Gasteiger partial charge is 0.360 e. The molecule has 2 heterocycles. The van der Waals surface area contributed by atoms with Crippen molar-refractivity contribution in [3.63, 3.8) is 0 Å². The Bertz CT molecular complexity index is 877. The number of benzene rings is 1. The molecule has 1 saturated heterocycles. The van der Waals surface area contributed by atoms with Crippen molar-refractivity contribution in [1.82, 2.24) is 14.8 Å². The first-order valence-corrected chi connectivity index (χ1v) is 10.5. The molecule has 0 radical (unpaired) electrons. The van der Waals surface area contributed by atoms with Crippen molar-refractivity contribution in [2.75, 3.05) is 25.9 Å². The summed E-state index contributed by atoms with van der Waals surface area (Å²) in [4.78, 5) is 14.9. The first-order chi connectivity index (χ1) is 12.3. The number of likely N-dealkylation sites (tertiary alicyclic amines) is 1. The summed E-state index contributed by atoms with van der Waals surface area (Å²) in [6, 6.07) is 9.47. The maximum Gasteiger partial charge on any atom is 0.259 e. The van der Waals surface area contributed by atoms with Crippen LogP contribution in [0.15, 0.2) is 34.9 Å². The molecule has 26 heavy (non-hydrogen) atoms. The van der Waals surface area contributed by atoms with Crippen LogP contribution in [0.25, 0.3) is 11.3 Å². The summed E-state index contributed by atoms with van der Waals surface area (Å²) in [5.74, 6) is 0.472. The third-order valence-electron chi connectivity index (χ3n) is 4.56. The number of piperidine rings is 1. The number of nitrogens with zero attached hydrogens (tertiary/aromatic N) is 2. The minimum Gasteiger partial charge on any atom is -0.360 e. The molecule has 0 spiro atoms. The third kappa shape index (κ3) is 4.31. The number of nitrogens with one attached hydrogen (secondary N) is 1. The molecule has 2 aromatic rings. The standard InChI is InChI=1S/C18H23N3O4S/c1-13-16(17(20-25-13)15-8-4-3-5-9-15)18(22)21-10-6-7-14(12-21)11-19-26(2,23)24/h3-5,8-9,14,19H,6-7,10-12H2,1-2H3/t14-/m0/s1. The van der Waals surface area contributed by atoms with Crippen LogP contribution in [-0.4, -0.2) is 50.3 Å². The van der Waals surface area contributed by atoms with Crippen LogP contribution in [0.1, 0.15) is 29.0 Å². The lowest BCUT2D eigenvalue weighted by Gasteiger charge is -2.32. The molecule has 8 heteroatoms. The highest BCUT2D eigenvalue weighted by atomic mass is 32.2. The van der Waals surface area contributed by atoms with E-state index in [1.807, 2.05) is 30.3 Å². The summed E-state index contributed by atoms with van der Waals surface area (Å²) in [5, 5.41) is 4.08. The third-order valence-corrected chi connectivity index (χ3v) is 5.26. The van der Waals surface area contributed by atoms with Crippen molar-refractivity contribution in [2.24, 2.45) is 5.92 Å². The van der Waals surface area contributed by atoms with E-state index >= 15 is 0 Å². The van der Waals surface area contributed by atoms with E-state index in [-0.39, 0.29) is 11.8 Å². The molecule has 1 aliphatic heterocycles. The number of carbonyl (C=O) groups excluding carboxylic acids is 1. The quantitative estimate of drug-likeness (QED) is 0.861. The highest BCUT2D eigenvalue weighted by Gasteiger charge is 2.30. The second-order valence-electron chi connectivity index (χ2n) is 6.71. The van der Waals surface area contributed by atoms with E-state index in [2.05, 4.69) is 9.88 Å². The van der Waals surface area contributed by atoms with Gasteiger partial charge in [-0.1, -0.05) is 35.5 Å². The first-order valence-electron chi connectivity index (χ1n) is 8.61. The Labute approximate surface area is 153 Å². The van der Waals surface area contributed by atoms with E-state index in [9.17, 15) is 13.2 Å². The van der Waals surface area contributed by atoms with Gasteiger partial charge in [-0.3, -0.25) is 4.79 Å². The van der Waals surface area contributed by atoms with Gasteiger partial charge in [-0.05, 0) is 25.7 Å². The Morgan fingerprint density at radius 3 is 2.77 bits per heavy atom. The van der Waals surface area contributed by atoms with Gasteiger partial charge >= 0.3 is 0 Å². The Hall–Kier alpha value is -2.19. The zero-order valence-electron chi connectivity index (χ0n) is 14.9. The number of amides is 1. The van der Waals surface area contributed by atoms with Gasteiger partial charge in [-0.2, -0.15) is 0 Å². The van der Waals surface area contributed by atoms with E-state index in [4.69, 9.17) is 4.52 Å². The molecule has 7 nitrogen and oxygen atoms in total. The Kier molecular flexibility index (Phi) is 5.43. The highest BCUT2D eigenvalue weighted by molar-refractivity contribution is 7.88. The number of hydrogen-bond donors (Lipinski definition) is 1. The molecular formula is C18H23N3O4S. The number of aryl methyl sites for hydroxylation is 1. The van der Waals surface area contributed by atoms with Crippen molar-refractivity contribution < 1.29 is 17.7 Å². The molecule has 1 aromatic carbocycles. The summed E-state index contributed by atoms with van der Waals surface area (Å²) in [6.45, 7) is 3.24. The molecule has 140 valence electrons. The maximum absolute atomic E-state index is 13.1. The van der Waals surface area contributed by atoms with Crippen LogP contribution in [0.4, 0.5) is 0 Å². The lowest BCUT2D eigenvalue weighted by Crippen LogP contribution is -2.43. The van der Waals surface area contributed by atoms with Crippen LogP contribution in [0.2, 0.25) is 0 Å². The Morgan fingerprint density at radius 1 is 1.35 bits per heavy atom. The minimum atomic E-state index is -3.23. The van der Waals surface area contributed by atoms with Gasteiger partial charge in [0.15, 0.2) is 0 Å². The molecule has 1 fully saturated rings. The number of carbonyl (C=O) groups is 1. The van der Waals surface area contributed by atoms with Gasteiger partial charge in [0.05, 0.1) is 6.26 Å². The fourth-order valence-corrected chi connectivity index (χ4v) is 3.80. The number of aromatic nitrogens is 1. The summed E-state index contributed by atoms with van der Waals surface area (Å²) in [5.41, 5.74) is 1.86. The van der Waals surface area contributed by atoms with E-state index < -0.39 is 10.0 Å². The predicted molar refractivity (Wildman–Crippen MR) is 98.2 cm³/mol. The Morgan fingerprint density at radius 2 is 2.08 bits per heavy atom. The van der Waals surface area contributed by atoms with Crippen LogP contribution >= 0.6 is 0 Å². The van der Waals surface area contributed by atoms with Gasteiger partial charge in [0.2, 0.25) is 10.0 Å². The predicted octanol–water partition coefficient (Wildman–Crippen LogP) is 2.05. The van der Waals surface area contributed by atoms with Crippen LogP contribution in [0, 0.1) is 12.8 Å². The number of rotatable bonds is 5. The molecule has 0 saturated carbocycles. The number of sulfonamides is 1. The minimum absolute atomic E-state index is 0.0998. The second-order valence-corrected chi connectivity index (χ2v) is 8.54. The van der Waals surface area contributed by atoms with Crippen molar-refractivity contribution in [2.45, 2.75) is 19.8 Å². The molecule has 0 bridgehead atoms. The van der Waals surface area contributed by atoms with E-state index in [0.29, 0.717) is 36.7 Å². The van der Waals surface area contributed by atoms with E-state index in [1.165, 1.54) is 0 Å². The number of hydrogen-bond acceptors (Lipinski definition) is 5. The van der Waals surface area contributed by atoms with Crippen LogP contribution < -0.4 is 4.72 Å². The molecule has 0 unspecified atom stereocenters. The van der Waals surface area contributed by atoms with Gasteiger partial charge in [0.1, 0.15) is 17.0 Å². The topological polar surface area (TPSA) is 92.5 Å². The smallest absolute Gasteiger partial charge is 0.259 e. The lowest BCUT2D eigenvalue weighted by atomic mass is 9.97. The normalized spacial score (nSPS) is 18.1. The summed E-state index contributed by atoms with van der Waals surface area (Å²) >= 11 is 0. The average Bonchev–Trinajstić information content (AvgIpc) is 3.01. The highest BCUT2D eigenvalue weighted by Crippen LogP contribution is 2.28. The van der Waals surface area contributed by atoms with E-state index in [1.54, 1.807) is 11.8 Å². The Balaban J connectivity index is 1.78. The van der Waals surface area contributed by atoms with Crippen molar-refractivity contribution in [1.29, 1.82) is 0 Å². The summed E-state index contributed by atoms with van der Waals surface area (Å²) in [7, 11) is -3.23. The fourth-order valence-electron chi connectivity index (χ4n) is 3.26. The fraction of sp³-hybridized carbons (Fsp3) is 0.444. The lowest BCUT2D eigenvalue weighted by molar-refractivity contribution is 0.0675. The molecule has 3 rings (SSSR count). The first kappa shape index (κ1) is 18.6. The van der Waals surface area contributed by atoms with Crippen molar-refractivity contribution in [3.05, 3.63) is 41.7 Å². The molecular weight excluding hydrogens is 354 g/mol. The second kappa shape index (κ2) is 7.59. The van der Waals surface area contributed by atoms with Gasteiger partial charge in [-0.25, -0.2) is 13.1 Å². The van der Waals surface area contributed by atoms with E-state index in [0.717, 1.165) is 24.7 Å². The van der Waals surface area contributed by atoms with Gasteiger partial charge in [-0.15, -0.1) is 0 Å². The molecule has 1 amide bonds. The monoisotopic (exact) mass is 377 g/mol.